The minimum absolute atomic E-state index is 0.194. The lowest BCUT2D eigenvalue weighted by atomic mass is 9.87. The van der Waals surface area contributed by atoms with Crippen molar-refractivity contribution in [1.29, 1.82) is 0 Å². The van der Waals surface area contributed by atoms with Gasteiger partial charge in [0.1, 0.15) is 29.4 Å². The zero-order chi connectivity index (χ0) is 21.6. The summed E-state index contributed by atoms with van der Waals surface area (Å²) in [6.07, 6.45) is 2.94. The fraction of sp³-hybridized carbons (Fsp3) is 0.520. The lowest BCUT2D eigenvalue weighted by molar-refractivity contribution is -0.161. The fourth-order valence-electron chi connectivity index (χ4n) is 3.90. The lowest BCUT2D eigenvalue weighted by Gasteiger charge is -2.44. The normalized spacial score (nSPS) is 19.8. The predicted octanol–water partition coefficient (Wildman–Crippen LogP) is 6.26. The van der Waals surface area contributed by atoms with E-state index in [1.165, 1.54) is 6.07 Å². The summed E-state index contributed by atoms with van der Waals surface area (Å²) in [4.78, 5) is 0. The molecule has 0 aliphatic carbocycles. The first kappa shape index (κ1) is 22.6. The van der Waals surface area contributed by atoms with Gasteiger partial charge in [-0.1, -0.05) is 31.9 Å². The minimum atomic E-state index is -0.491. The summed E-state index contributed by atoms with van der Waals surface area (Å²) in [7, 11) is 0. The molecule has 1 aliphatic rings. The van der Waals surface area contributed by atoms with E-state index in [4.69, 9.17) is 14.2 Å². The maximum absolute atomic E-state index is 13.4. The van der Waals surface area contributed by atoms with Crippen LogP contribution in [0.15, 0.2) is 42.5 Å². The Bertz CT molecular complexity index is 824. The van der Waals surface area contributed by atoms with Crippen LogP contribution >= 0.6 is 0 Å². The summed E-state index contributed by atoms with van der Waals surface area (Å²) in [6, 6.07) is 12.6. The van der Waals surface area contributed by atoms with Crippen LogP contribution in [0.5, 0.6) is 5.75 Å². The van der Waals surface area contributed by atoms with Gasteiger partial charge in [0.2, 0.25) is 0 Å². The third kappa shape index (κ3) is 5.52. The van der Waals surface area contributed by atoms with Gasteiger partial charge in [0, 0.05) is 31.0 Å². The molecule has 164 valence electrons. The molecule has 2 aromatic carbocycles. The first-order chi connectivity index (χ1) is 14.4. The topological polar surface area (TPSA) is 39.7 Å². The number of rotatable bonds is 10. The molecule has 5 heteroatoms. The second kappa shape index (κ2) is 10.3. The summed E-state index contributed by atoms with van der Waals surface area (Å²) >= 11 is 0. The van der Waals surface area contributed by atoms with E-state index < -0.39 is 5.60 Å². The Balaban J connectivity index is 1.79. The molecule has 0 spiro atoms. The van der Waals surface area contributed by atoms with Crippen molar-refractivity contribution in [2.24, 2.45) is 0 Å². The molecule has 1 aliphatic heterocycles. The van der Waals surface area contributed by atoms with Gasteiger partial charge in [-0.3, -0.25) is 0 Å². The van der Waals surface area contributed by atoms with Gasteiger partial charge in [0.15, 0.2) is 0 Å². The van der Waals surface area contributed by atoms with Crippen LogP contribution in [0.3, 0.4) is 0 Å². The van der Waals surface area contributed by atoms with Crippen LogP contribution in [0, 0.1) is 5.82 Å². The van der Waals surface area contributed by atoms with Crippen molar-refractivity contribution in [3.63, 3.8) is 0 Å². The molecular weight excluding hydrogens is 381 g/mol. The molecular formula is C25H34FNO3. The summed E-state index contributed by atoms with van der Waals surface area (Å²) in [5.41, 5.74) is 2.33. The number of benzene rings is 2. The standard InChI is InChI=1S/C25H34FNO3/c1-5-7-8-14-29-24-23(28-6-2)21-16-20(12-13-22(21)30-25(24,3)4)27-17-18-10-9-11-19(26)15-18/h9-13,15-16,23-24,27H,5-8,14,17H2,1-4H3. The lowest BCUT2D eigenvalue weighted by Crippen LogP contribution is -2.51. The van der Waals surface area contributed by atoms with E-state index in [9.17, 15) is 4.39 Å². The quantitative estimate of drug-likeness (QED) is 0.465. The fourth-order valence-corrected chi connectivity index (χ4v) is 3.90. The van der Waals surface area contributed by atoms with Gasteiger partial charge in [-0.2, -0.15) is 0 Å². The van der Waals surface area contributed by atoms with Crippen molar-refractivity contribution >= 4 is 5.69 Å². The van der Waals surface area contributed by atoms with Crippen molar-refractivity contribution in [3.8, 4) is 5.75 Å². The number of ether oxygens (including phenoxy) is 3. The SMILES string of the molecule is CCCCCOC1C(OCC)c2cc(NCc3cccc(F)c3)ccc2OC1(C)C. The van der Waals surface area contributed by atoms with E-state index in [2.05, 4.69) is 32.2 Å². The summed E-state index contributed by atoms with van der Waals surface area (Å²) < 4.78 is 32.2. The Labute approximate surface area is 179 Å². The van der Waals surface area contributed by atoms with Crippen LogP contribution < -0.4 is 10.1 Å². The first-order valence-electron chi connectivity index (χ1n) is 11.0. The van der Waals surface area contributed by atoms with E-state index in [1.54, 1.807) is 12.1 Å². The molecule has 0 bridgehead atoms. The van der Waals surface area contributed by atoms with Gasteiger partial charge < -0.3 is 19.5 Å². The van der Waals surface area contributed by atoms with Gasteiger partial charge in [-0.15, -0.1) is 0 Å². The van der Waals surface area contributed by atoms with E-state index in [0.717, 1.165) is 41.8 Å². The summed E-state index contributed by atoms with van der Waals surface area (Å²) in [6.45, 7) is 10.1. The van der Waals surface area contributed by atoms with Crippen LogP contribution in [-0.4, -0.2) is 24.9 Å². The number of nitrogens with one attached hydrogen (secondary N) is 1. The molecule has 30 heavy (non-hydrogen) atoms. The zero-order valence-corrected chi connectivity index (χ0v) is 18.5. The molecule has 2 atom stereocenters. The Morgan fingerprint density at radius 2 is 1.90 bits per heavy atom. The third-order valence-electron chi connectivity index (χ3n) is 5.43. The van der Waals surface area contributed by atoms with Crippen LogP contribution in [-0.2, 0) is 16.0 Å². The molecule has 0 fully saturated rings. The van der Waals surface area contributed by atoms with Crippen molar-refractivity contribution in [1.82, 2.24) is 0 Å². The number of anilines is 1. The maximum Gasteiger partial charge on any atom is 0.132 e. The maximum atomic E-state index is 13.4. The van der Waals surface area contributed by atoms with E-state index >= 15 is 0 Å². The van der Waals surface area contributed by atoms with Crippen LogP contribution in [0.4, 0.5) is 10.1 Å². The van der Waals surface area contributed by atoms with Crippen LogP contribution in [0.2, 0.25) is 0 Å². The molecule has 4 nitrogen and oxygen atoms in total. The van der Waals surface area contributed by atoms with Gasteiger partial charge in [0.25, 0.3) is 0 Å². The molecule has 2 aromatic rings. The minimum Gasteiger partial charge on any atom is -0.485 e. The van der Waals surface area contributed by atoms with Gasteiger partial charge in [0.05, 0.1) is 0 Å². The van der Waals surface area contributed by atoms with Gasteiger partial charge in [-0.05, 0) is 63.1 Å². The number of halogens is 1. The molecule has 2 unspecified atom stereocenters. The molecule has 3 rings (SSSR count). The van der Waals surface area contributed by atoms with E-state index in [-0.39, 0.29) is 18.0 Å². The molecule has 1 heterocycles. The zero-order valence-electron chi connectivity index (χ0n) is 18.5. The largest absolute Gasteiger partial charge is 0.485 e. The average Bonchev–Trinajstić information content (AvgIpc) is 2.71. The molecule has 0 aromatic heterocycles. The molecule has 0 radical (unpaired) electrons. The highest BCUT2D eigenvalue weighted by Gasteiger charge is 2.45. The molecule has 1 N–H and O–H groups in total. The highest BCUT2D eigenvalue weighted by atomic mass is 19.1. The Morgan fingerprint density at radius 1 is 1.07 bits per heavy atom. The Hall–Kier alpha value is -2.11. The number of fused-ring (bicyclic) bond motifs is 1. The number of hydrogen-bond donors (Lipinski definition) is 1. The summed E-state index contributed by atoms with van der Waals surface area (Å²) in [5.74, 6) is 0.595. The smallest absolute Gasteiger partial charge is 0.132 e. The van der Waals surface area contributed by atoms with Crippen molar-refractivity contribution in [2.45, 2.75) is 71.3 Å². The predicted molar refractivity (Wildman–Crippen MR) is 119 cm³/mol. The highest BCUT2D eigenvalue weighted by molar-refractivity contribution is 5.53. The second-order valence-electron chi connectivity index (χ2n) is 8.32. The third-order valence-corrected chi connectivity index (χ3v) is 5.43. The van der Waals surface area contributed by atoms with E-state index in [0.29, 0.717) is 19.8 Å². The van der Waals surface area contributed by atoms with Crippen LogP contribution in [0.25, 0.3) is 0 Å². The first-order valence-corrected chi connectivity index (χ1v) is 11.0. The molecule has 0 saturated heterocycles. The average molecular weight is 416 g/mol. The van der Waals surface area contributed by atoms with Crippen molar-refractivity contribution < 1.29 is 18.6 Å². The second-order valence-corrected chi connectivity index (χ2v) is 8.32. The van der Waals surface area contributed by atoms with Crippen LogP contribution in [0.1, 0.15) is 64.2 Å². The molecule has 0 amide bonds. The van der Waals surface area contributed by atoms with Crippen molar-refractivity contribution in [2.75, 3.05) is 18.5 Å². The summed E-state index contributed by atoms with van der Waals surface area (Å²) in [5, 5.41) is 3.38. The number of hydrogen-bond acceptors (Lipinski definition) is 4. The highest BCUT2D eigenvalue weighted by Crippen LogP contribution is 2.44. The molecule has 0 saturated carbocycles. The van der Waals surface area contributed by atoms with E-state index in [1.807, 2.05) is 25.1 Å². The monoisotopic (exact) mass is 415 g/mol. The van der Waals surface area contributed by atoms with Gasteiger partial charge in [-0.25, -0.2) is 4.39 Å². The van der Waals surface area contributed by atoms with Gasteiger partial charge >= 0.3 is 0 Å². The van der Waals surface area contributed by atoms with Crippen molar-refractivity contribution in [3.05, 3.63) is 59.4 Å². The Morgan fingerprint density at radius 3 is 2.63 bits per heavy atom. The number of unbranched alkanes of at least 4 members (excludes halogenated alkanes) is 2. The Kier molecular flexibility index (Phi) is 7.73.